The number of hydrogen-bond acceptors (Lipinski definition) is 8. The summed E-state index contributed by atoms with van der Waals surface area (Å²) in [5.74, 6) is 2.13. The molecule has 4 aliphatic rings. The van der Waals surface area contributed by atoms with Crippen LogP contribution in [0.5, 0.6) is 0 Å². The maximum atomic E-state index is 17.6. The fourth-order valence-electron chi connectivity index (χ4n) is 8.19. The minimum absolute atomic E-state index is 0.0224. The van der Waals surface area contributed by atoms with Crippen molar-refractivity contribution >= 4 is 28.6 Å². The first-order chi connectivity index (χ1) is 19.4. The number of ketones is 1. The topological polar surface area (TPSA) is 103 Å². The molecule has 3 fully saturated rings. The molecule has 5 rings (SSSR count). The van der Waals surface area contributed by atoms with E-state index >= 15 is 8.78 Å². The SMILES string of the molecule is COCC#CCSC(=O)[C@@]1(OC(=O)c2ccco2)[C@H](C)C[C@H]2[C@@H]3C[C@H](F)C4=CC(=O)C=C[C@]4(C)[C@@]3(F)[C@@H](O)C[C@@]21C. The lowest BCUT2D eigenvalue weighted by atomic mass is 9.44. The number of allylic oxidation sites excluding steroid dienone is 4. The van der Waals surface area contributed by atoms with Crippen molar-refractivity contribution in [3.63, 3.8) is 0 Å². The van der Waals surface area contributed by atoms with Crippen molar-refractivity contribution in [2.75, 3.05) is 19.5 Å². The number of rotatable bonds is 5. The Kier molecular flexibility index (Phi) is 7.63. The summed E-state index contributed by atoms with van der Waals surface area (Å²) in [5, 5.41) is 11.2. The molecule has 1 aromatic rings. The van der Waals surface area contributed by atoms with Gasteiger partial charge in [-0.1, -0.05) is 43.5 Å². The maximum absolute atomic E-state index is 17.6. The zero-order chi connectivity index (χ0) is 29.8. The molecular weight excluding hydrogens is 554 g/mol. The van der Waals surface area contributed by atoms with Crippen LogP contribution >= 0.6 is 11.8 Å². The number of hydrogen-bond donors (Lipinski definition) is 1. The molecule has 41 heavy (non-hydrogen) atoms. The van der Waals surface area contributed by atoms with E-state index in [1.807, 2.05) is 0 Å². The second-order valence-electron chi connectivity index (χ2n) is 12.0. The predicted octanol–water partition coefficient (Wildman–Crippen LogP) is 4.65. The number of carbonyl (C=O) groups excluding carboxylic acids is 3. The lowest BCUT2D eigenvalue weighted by molar-refractivity contribution is -0.221. The van der Waals surface area contributed by atoms with Crippen LogP contribution in [0.1, 0.15) is 50.6 Å². The third-order valence-corrected chi connectivity index (χ3v) is 10.9. The fraction of sp³-hybridized carbons (Fsp3) is 0.581. The highest BCUT2D eigenvalue weighted by Gasteiger charge is 2.78. The third-order valence-electron chi connectivity index (χ3n) is 10.1. The van der Waals surface area contributed by atoms with Crippen LogP contribution in [0, 0.1) is 40.4 Å². The minimum atomic E-state index is -2.31. The summed E-state index contributed by atoms with van der Waals surface area (Å²) >= 11 is 0.885. The first-order valence-electron chi connectivity index (χ1n) is 13.7. The molecule has 10 heteroatoms. The summed E-state index contributed by atoms with van der Waals surface area (Å²) in [5.41, 5.74) is -6.87. The lowest BCUT2D eigenvalue weighted by Gasteiger charge is -2.63. The quantitative estimate of drug-likeness (QED) is 0.392. The Morgan fingerprint density at radius 3 is 2.68 bits per heavy atom. The van der Waals surface area contributed by atoms with E-state index in [0.717, 1.165) is 17.8 Å². The van der Waals surface area contributed by atoms with Crippen LogP contribution in [0.4, 0.5) is 8.78 Å². The molecule has 3 saturated carbocycles. The average Bonchev–Trinajstić information content (AvgIpc) is 3.54. The molecule has 7 nitrogen and oxygen atoms in total. The first-order valence-corrected chi connectivity index (χ1v) is 14.7. The Morgan fingerprint density at radius 1 is 1.24 bits per heavy atom. The molecule has 0 amide bonds. The zero-order valence-electron chi connectivity index (χ0n) is 23.4. The van der Waals surface area contributed by atoms with Gasteiger partial charge in [-0.3, -0.25) is 9.59 Å². The summed E-state index contributed by atoms with van der Waals surface area (Å²) in [6, 6.07) is 2.94. The van der Waals surface area contributed by atoms with Crippen molar-refractivity contribution in [3.8, 4) is 11.8 Å². The molecule has 1 aromatic heterocycles. The number of fused-ring (bicyclic) bond motifs is 5. The fourth-order valence-corrected chi connectivity index (χ4v) is 9.19. The highest BCUT2D eigenvalue weighted by molar-refractivity contribution is 8.14. The molecule has 0 unspecified atom stereocenters. The van der Waals surface area contributed by atoms with Crippen molar-refractivity contribution in [1.82, 2.24) is 0 Å². The standard InChI is InChI=1S/C31H34F2O7S/c1-18-14-20-21-16-23(32)22-15-19(34)9-10-28(22,2)30(21,33)25(35)17-29(20,3)31(18,27(37)41-13-6-5-11-38-4)40-26(36)24-8-7-12-39-24/h7-10,12,15,18,20-21,23,25,35H,11,13-14,16-17H2,1-4H3/t18-,20+,21+,23+,25+,28+,29+,30+,31+/m1/s1. The van der Waals surface area contributed by atoms with Gasteiger partial charge in [-0.15, -0.1) is 0 Å². The van der Waals surface area contributed by atoms with Crippen LogP contribution < -0.4 is 0 Å². The van der Waals surface area contributed by atoms with Gasteiger partial charge in [0.25, 0.3) is 0 Å². The average molecular weight is 589 g/mol. The Morgan fingerprint density at radius 2 is 2.00 bits per heavy atom. The summed E-state index contributed by atoms with van der Waals surface area (Å²) in [4.78, 5) is 39.6. The van der Waals surface area contributed by atoms with E-state index in [9.17, 15) is 19.5 Å². The van der Waals surface area contributed by atoms with Gasteiger partial charge in [0.15, 0.2) is 17.1 Å². The number of alkyl halides is 2. The van der Waals surface area contributed by atoms with Gasteiger partial charge in [0.05, 0.1) is 18.1 Å². The highest BCUT2D eigenvalue weighted by atomic mass is 32.2. The zero-order valence-corrected chi connectivity index (χ0v) is 24.3. The van der Waals surface area contributed by atoms with E-state index in [1.54, 1.807) is 13.8 Å². The first kappa shape index (κ1) is 29.7. The number of methoxy groups -OCH3 is 1. The smallest absolute Gasteiger partial charge is 0.375 e. The van der Waals surface area contributed by atoms with Crippen LogP contribution in [-0.2, 0) is 19.1 Å². The van der Waals surface area contributed by atoms with Crippen LogP contribution in [0.15, 0.2) is 46.6 Å². The molecule has 0 spiro atoms. The second kappa shape index (κ2) is 10.5. The van der Waals surface area contributed by atoms with Crippen LogP contribution in [0.25, 0.3) is 0 Å². The molecule has 4 aliphatic carbocycles. The largest absolute Gasteiger partial charge is 0.457 e. The minimum Gasteiger partial charge on any atom is -0.457 e. The number of aliphatic hydroxyl groups is 1. The van der Waals surface area contributed by atoms with Gasteiger partial charge in [0, 0.05) is 29.8 Å². The van der Waals surface area contributed by atoms with E-state index in [2.05, 4.69) is 11.8 Å². The molecule has 1 heterocycles. The Hall–Kier alpha value is -2.74. The van der Waals surface area contributed by atoms with E-state index < -0.39 is 69.0 Å². The summed E-state index contributed by atoms with van der Waals surface area (Å²) < 4.78 is 49.7. The summed E-state index contributed by atoms with van der Waals surface area (Å²) in [7, 11) is 1.50. The number of halogens is 2. The third kappa shape index (κ3) is 4.18. The van der Waals surface area contributed by atoms with E-state index in [0.29, 0.717) is 0 Å². The van der Waals surface area contributed by atoms with Crippen LogP contribution in [-0.4, -0.2) is 65.0 Å². The van der Waals surface area contributed by atoms with Gasteiger partial charge < -0.3 is 19.0 Å². The number of carbonyl (C=O) groups is 3. The summed E-state index contributed by atoms with van der Waals surface area (Å²) in [6.07, 6.45) is 1.56. The van der Waals surface area contributed by atoms with Gasteiger partial charge in [0.2, 0.25) is 10.9 Å². The molecule has 0 aromatic carbocycles. The molecule has 9 atom stereocenters. The van der Waals surface area contributed by atoms with Gasteiger partial charge in [0.1, 0.15) is 12.8 Å². The molecule has 1 N–H and O–H groups in total. The number of thioether (sulfide) groups is 1. The van der Waals surface area contributed by atoms with Crippen molar-refractivity contribution in [3.05, 3.63) is 48.0 Å². The normalized spacial score (nSPS) is 40.9. The number of furan rings is 1. The lowest BCUT2D eigenvalue weighted by Crippen LogP contribution is -2.70. The molecular formula is C31H34F2O7S. The van der Waals surface area contributed by atoms with Crippen molar-refractivity contribution < 1.29 is 42.2 Å². The molecule has 0 bridgehead atoms. The van der Waals surface area contributed by atoms with Crippen molar-refractivity contribution in [2.45, 2.75) is 63.6 Å². The Bertz CT molecular complexity index is 1360. The van der Waals surface area contributed by atoms with Crippen molar-refractivity contribution in [1.29, 1.82) is 0 Å². The Labute approximate surface area is 242 Å². The molecule has 0 radical (unpaired) electrons. The molecule has 220 valence electrons. The molecule has 0 aliphatic heterocycles. The summed E-state index contributed by atoms with van der Waals surface area (Å²) in [6.45, 7) is 5.21. The van der Waals surface area contributed by atoms with Crippen LogP contribution in [0.3, 0.4) is 0 Å². The van der Waals surface area contributed by atoms with Gasteiger partial charge in [-0.05, 0) is 62.0 Å². The highest BCUT2D eigenvalue weighted by Crippen LogP contribution is 2.72. The monoisotopic (exact) mass is 588 g/mol. The van der Waals surface area contributed by atoms with E-state index in [4.69, 9.17) is 13.9 Å². The van der Waals surface area contributed by atoms with E-state index in [1.165, 1.54) is 44.6 Å². The Balaban J connectivity index is 1.59. The molecule has 0 saturated heterocycles. The predicted molar refractivity (Wildman–Crippen MR) is 147 cm³/mol. The number of esters is 1. The van der Waals surface area contributed by atoms with Gasteiger partial charge in [-0.25, -0.2) is 13.6 Å². The van der Waals surface area contributed by atoms with E-state index in [-0.39, 0.29) is 43.0 Å². The van der Waals surface area contributed by atoms with Crippen LogP contribution in [0.2, 0.25) is 0 Å². The number of aliphatic hydroxyl groups excluding tert-OH is 1. The number of ether oxygens (including phenoxy) is 2. The van der Waals surface area contributed by atoms with Gasteiger partial charge >= 0.3 is 5.97 Å². The van der Waals surface area contributed by atoms with Crippen molar-refractivity contribution in [2.24, 2.45) is 28.6 Å². The maximum Gasteiger partial charge on any atom is 0.375 e. The second-order valence-corrected chi connectivity index (χ2v) is 12.9. The van der Waals surface area contributed by atoms with Gasteiger partial charge in [-0.2, -0.15) is 0 Å².